The molecule has 0 aliphatic carbocycles. The van der Waals surface area contributed by atoms with Crippen molar-refractivity contribution in [2.24, 2.45) is 0 Å². The van der Waals surface area contributed by atoms with Gasteiger partial charge in [0.15, 0.2) is 0 Å². The lowest BCUT2D eigenvalue weighted by molar-refractivity contribution is -0.929. The highest BCUT2D eigenvalue weighted by molar-refractivity contribution is 5.67. The molecule has 0 radical (unpaired) electrons. The number of carbonyl (C=O) groups is 1. The molecule has 0 spiro atoms. The Morgan fingerprint density at radius 2 is 1.80 bits per heavy atom. The number of benzene rings is 1. The molecule has 1 saturated heterocycles. The van der Waals surface area contributed by atoms with Crippen molar-refractivity contribution in [2.75, 3.05) is 32.8 Å². The van der Waals surface area contributed by atoms with E-state index in [9.17, 15) is 14.7 Å². The lowest BCUT2D eigenvalue weighted by Gasteiger charge is -2.36. The second-order valence-corrected chi connectivity index (χ2v) is 7.82. The van der Waals surface area contributed by atoms with E-state index in [4.69, 9.17) is 4.74 Å². The summed E-state index contributed by atoms with van der Waals surface area (Å²) in [7, 11) is 0. The zero-order valence-electron chi connectivity index (χ0n) is 18.3. The molecule has 0 unspecified atom stereocenters. The molecule has 2 N–H and O–H groups in total. The second-order valence-electron chi connectivity index (χ2n) is 7.82. The predicted molar refractivity (Wildman–Crippen MR) is 115 cm³/mol. The van der Waals surface area contributed by atoms with Gasteiger partial charge in [-0.2, -0.15) is 0 Å². The number of ether oxygens (including phenoxy) is 1. The van der Waals surface area contributed by atoms with Crippen molar-refractivity contribution >= 4 is 6.09 Å². The van der Waals surface area contributed by atoms with Crippen LogP contribution in [0.25, 0.3) is 0 Å². The molecular weight excluding hydrogens is 382 g/mol. The number of piperazine rings is 1. The number of quaternary nitrogens is 1. The fourth-order valence-electron chi connectivity index (χ4n) is 4.28. The van der Waals surface area contributed by atoms with Gasteiger partial charge in [0.25, 0.3) is 5.56 Å². The zero-order valence-corrected chi connectivity index (χ0v) is 18.3. The van der Waals surface area contributed by atoms with Gasteiger partial charge in [0.2, 0.25) is 0 Å². The summed E-state index contributed by atoms with van der Waals surface area (Å²) in [6.07, 6.45) is -0.296. The Hall–Kier alpha value is -2.80. The number of aromatic hydroxyl groups is 1. The predicted octanol–water partition coefficient (Wildman–Crippen LogP) is 1.64. The summed E-state index contributed by atoms with van der Waals surface area (Å²) in [4.78, 5) is 28.3. The van der Waals surface area contributed by atoms with Crippen LogP contribution >= 0.6 is 0 Å². The highest BCUT2D eigenvalue weighted by atomic mass is 16.6. The summed E-state index contributed by atoms with van der Waals surface area (Å²) in [5, 5.41) is 10.8. The minimum atomic E-state index is -0.305. The molecule has 0 saturated carbocycles. The lowest BCUT2D eigenvalue weighted by atomic mass is 9.95. The normalized spacial score (nSPS) is 15.8. The van der Waals surface area contributed by atoms with Crippen LogP contribution in [0.1, 0.15) is 42.3 Å². The third-order valence-corrected chi connectivity index (χ3v) is 5.88. The van der Waals surface area contributed by atoms with E-state index in [0.29, 0.717) is 44.9 Å². The Morgan fingerprint density at radius 3 is 2.37 bits per heavy atom. The van der Waals surface area contributed by atoms with Gasteiger partial charge in [0, 0.05) is 17.8 Å². The zero-order chi connectivity index (χ0) is 21.8. The first-order valence-corrected chi connectivity index (χ1v) is 10.6. The lowest BCUT2D eigenvalue weighted by Crippen LogP contribution is -3.15. The number of hydrogen-bond acceptors (Lipinski definition) is 4. The van der Waals surface area contributed by atoms with Gasteiger partial charge in [-0.25, -0.2) is 4.79 Å². The number of rotatable bonds is 5. The Balaban J connectivity index is 2.01. The van der Waals surface area contributed by atoms with Crippen LogP contribution in [0.2, 0.25) is 0 Å². The SMILES string of the molecule is CCOC(=O)N1CC[NH+]([C@@H](c2ccc(C)cc2)c2c(O)cc(C)n(CC)c2=O)CC1. The van der Waals surface area contributed by atoms with Gasteiger partial charge < -0.3 is 19.3 Å². The Kier molecular flexibility index (Phi) is 6.82. The van der Waals surface area contributed by atoms with E-state index in [2.05, 4.69) is 0 Å². The van der Waals surface area contributed by atoms with Crippen LogP contribution in [-0.4, -0.2) is 53.5 Å². The summed E-state index contributed by atoms with van der Waals surface area (Å²) in [5.74, 6) is 0.0353. The third-order valence-electron chi connectivity index (χ3n) is 5.88. The van der Waals surface area contributed by atoms with Crippen LogP contribution in [0.4, 0.5) is 4.79 Å². The van der Waals surface area contributed by atoms with E-state index in [1.807, 2.05) is 45.0 Å². The molecule has 1 aliphatic rings. The quantitative estimate of drug-likeness (QED) is 0.780. The minimum absolute atomic E-state index is 0.0353. The number of hydrogen-bond donors (Lipinski definition) is 2. The van der Waals surface area contributed by atoms with Crippen molar-refractivity contribution in [3.63, 3.8) is 0 Å². The highest BCUT2D eigenvalue weighted by Crippen LogP contribution is 2.26. The van der Waals surface area contributed by atoms with Crippen molar-refractivity contribution in [3.8, 4) is 5.75 Å². The highest BCUT2D eigenvalue weighted by Gasteiger charge is 2.35. The molecular formula is C23H32N3O4+. The fourth-order valence-corrected chi connectivity index (χ4v) is 4.28. The molecule has 1 amide bonds. The van der Waals surface area contributed by atoms with Gasteiger partial charge in [-0.05, 0) is 33.8 Å². The maximum Gasteiger partial charge on any atom is 0.410 e. The maximum atomic E-state index is 13.3. The van der Waals surface area contributed by atoms with Crippen molar-refractivity contribution in [1.82, 2.24) is 9.47 Å². The number of aromatic nitrogens is 1. The molecule has 162 valence electrons. The summed E-state index contributed by atoms with van der Waals surface area (Å²) in [6, 6.07) is 9.48. The Morgan fingerprint density at radius 1 is 1.17 bits per heavy atom. The smallest absolute Gasteiger partial charge is 0.410 e. The number of aryl methyl sites for hydroxylation is 2. The van der Waals surface area contributed by atoms with Crippen LogP contribution in [0, 0.1) is 13.8 Å². The molecule has 3 rings (SSSR count). The van der Waals surface area contributed by atoms with E-state index in [-0.39, 0.29) is 23.4 Å². The number of carbonyl (C=O) groups excluding carboxylic acids is 1. The summed E-state index contributed by atoms with van der Waals surface area (Å²) in [5.41, 5.74) is 3.14. The Labute approximate surface area is 177 Å². The van der Waals surface area contributed by atoms with E-state index in [1.165, 1.54) is 0 Å². The average molecular weight is 415 g/mol. The van der Waals surface area contributed by atoms with E-state index < -0.39 is 0 Å². The van der Waals surface area contributed by atoms with E-state index in [1.54, 1.807) is 22.5 Å². The second kappa shape index (κ2) is 9.34. The molecule has 7 heteroatoms. The van der Waals surface area contributed by atoms with E-state index >= 15 is 0 Å². The molecule has 0 bridgehead atoms. The number of nitrogens with one attached hydrogen (secondary N) is 1. The minimum Gasteiger partial charge on any atom is -0.507 e. The number of pyridine rings is 1. The van der Waals surface area contributed by atoms with Crippen LogP contribution in [0.5, 0.6) is 5.75 Å². The molecule has 1 aromatic carbocycles. The van der Waals surface area contributed by atoms with Crippen LogP contribution in [0.15, 0.2) is 35.1 Å². The first-order valence-electron chi connectivity index (χ1n) is 10.6. The summed E-state index contributed by atoms with van der Waals surface area (Å²) in [6.45, 7) is 10.9. The van der Waals surface area contributed by atoms with Gasteiger partial charge in [-0.15, -0.1) is 0 Å². The third kappa shape index (κ3) is 4.36. The maximum absolute atomic E-state index is 13.3. The van der Waals surface area contributed by atoms with Gasteiger partial charge in [-0.1, -0.05) is 29.8 Å². The molecule has 1 atom stereocenters. The van der Waals surface area contributed by atoms with Crippen LogP contribution < -0.4 is 10.5 Å². The fraction of sp³-hybridized carbons (Fsp3) is 0.478. The monoisotopic (exact) mass is 414 g/mol. The van der Waals surface area contributed by atoms with Crippen molar-refractivity contribution in [1.29, 1.82) is 0 Å². The van der Waals surface area contributed by atoms with Gasteiger partial charge in [-0.3, -0.25) is 9.69 Å². The molecule has 1 aromatic heterocycles. The first kappa shape index (κ1) is 21.9. The molecule has 30 heavy (non-hydrogen) atoms. The average Bonchev–Trinajstić information content (AvgIpc) is 2.72. The molecule has 1 aliphatic heterocycles. The van der Waals surface area contributed by atoms with Crippen molar-refractivity contribution in [2.45, 2.75) is 40.3 Å². The topological polar surface area (TPSA) is 76.2 Å². The largest absolute Gasteiger partial charge is 0.507 e. The van der Waals surface area contributed by atoms with Crippen LogP contribution in [-0.2, 0) is 11.3 Å². The van der Waals surface area contributed by atoms with Gasteiger partial charge in [0.05, 0.1) is 32.8 Å². The molecule has 1 fully saturated rings. The standard InChI is InChI=1S/C23H31N3O4/c1-5-26-17(4)15-19(27)20(22(26)28)21(18-9-7-16(3)8-10-18)24-11-13-25(14-12-24)23(29)30-6-2/h7-10,15,21,27H,5-6,11-14H2,1-4H3/p+1/t21-/m0/s1. The molecule has 2 aromatic rings. The summed E-state index contributed by atoms with van der Waals surface area (Å²) < 4.78 is 6.82. The van der Waals surface area contributed by atoms with Crippen molar-refractivity contribution < 1.29 is 19.5 Å². The summed E-state index contributed by atoms with van der Waals surface area (Å²) >= 11 is 0. The van der Waals surface area contributed by atoms with Gasteiger partial charge in [0.1, 0.15) is 17.4 Å². The first-order chi connectivity index (χ1) is 14.4. The number of nitrogens with zero attached hydrogens (tertiary/aromatic N) is 2. The van der Waals surface area contributed by atoms with E-state index in [0.717, 1.165) is 21.7 Å². The Bertz CT molecular complexity index is 944. The van der Waals surface area contributed by atoms with Gasteiger partial charge >= 0.3 is 6.09 Å². The number of amides is 1. The van der Waals surface area contributed by atoms with Crippen molar-refractivity contribution in [3.05, 3.63) is 63.1 Å². The molecule has 7 nitrogen and oxygen atoms in total. The molecule has 2 heterocycles. The van der Waals surface area contributed by atoms with Crippen LogP contribution in [0.3, 0.4) is 0 Å².